The lowest BCUT2D eigenvalue weighted by molar-refractivity contribution is 0.0935. The third-order valence-electron chi connectivity index (χ3n) is 4.36. The van der Waals surface area contributed by atoms with E-state index in [9.17, 15) is 4.79 Å². The first kappa shape index (κ1) is 10.4. The molecule has 0 unspecified atom stereocenters. The van der Waals surface area contributed by atoms with E-state index in [0.717, 1.165) is 5.69 Å². The van der Waals surface area contributed by atoms with Crippen molar-refractivity contribution in [2.24, 2.45) is 23.8 Å². The molecule has 0 saturated heterocycles. The Balaban J connectivity index is 2.30. The van der Waals surface area contributed by atoms with Crippen molar-refractivity contribution in [3.8, 4) is 0 Å². The molecule has 1 aliphatic carbocycles. The molecule has 1 heterocycles. The summed E-state index contributed by atoms with van der Waals surface area (Å²) < 4.78 is 1.66. The number of nitrogens with zero attached hydrogens (tertiary/aromatic N) is 2. The number of rotatable bonds is 2. The van der Waals surface area contributed by atoms with E-state index in [4.69, 9.17) is 0 Å². The van der Waals surface area contributed by atoms with Crippen LogP contribution in [0.4, 0.5) is 0 Å². The molecule has 1 aromatic heterocycles. The van der Waals surface area contributed by atoms with Crippen LogP contribution in [0.1, 0.15) is 38.2 Å². The molecule has 2 rings (SSSR count). The molecular formula is C12H18N2O. The summed E-state index contributed by atoms with van der Waals surface area (Å²) >= 11 is 0. The molecule has 1 aromatic rings. The van der Waals surface area contributed by atoms with Gasteiger partial charge < -0.3 is 0 Å². The zero-order chi connectivity index (χ0) is 11.4. The fourth-order valence-corrected chi connectivity index (χ4v) is 2.62. The van der Waals surface area contributed by atoms with Crippen molar-refractivity contribution in [3.05, 3.63) is 18.0 Å². The topological polar surface area (TPSA) is 34.9 Å². The molecule has 3 heteroatoms. The number of aryl methyl sites for hydroxylation is 1. The van der Waals surface area contributed by atoms with Gasteiger partial charge in [-0.3, -0.25) is 9.48 Å². The van der Waals surface area contributed by atoms with Gasteiger partial charge >= 0.3 is 0 Å². The van der Waals surface area contributed by atoms with E-state index in [-0.39, 0.29) is 22.5 Å². The summed E-state index contributed by atoms with van der Waals surface area (Å²) in [5, 5.41) is 4.04. The number of aromatic nitrogens is 2. The van der Waals surface area contributed by atoms with Crippen molar-refractivity contribution in [2.45, 2.75) is 27.7 Å². The van der Waals surface area contributed by atoms with Gasteiger partial charge in [0, 0.05) is 19.2 Å². The lowest BCUT2D eigenvalue weighted by atomic mass is 10.0. The van der Waals surface area contributed by atoms with Crippen LogP contribution in [0, 0.1) is 16.7 Å². The first-order valence-corrected chi connectivity index (χ1v) is 5.32. The second kappa shape index (κ2) is 2.71. The maximum absolute atomic E-state index is 12.3. The standard InChI is InChI=1S/C12H18N2O/c1-11(2)10(12(11,3)4)9(15)8-6-7-13-14(8)5/h6-7,10H,1-5H3. The van der Waals surface area contributed by atoms with Crippen LogP contribution >= 0.6 is 0 Å². The van der Waals surface area contributed by atoms with Crippen LogP contribution in [0.2, 0.25) is 0 Å². The van der Waals surface area contributed by atoms with Gasteiger partial charge in [-0.2, -0.15) is 5.10 Å². The molecule has 15 heavy (non-hydrogen) atoms. The fourth-order valence-electron chi connectivity index (χ4n) is 2.62. The van der Waals surface area contributed by atoms with Crippen LogP contribution < -0.4 is 0 Å². The second-order valence-corrected chi connectivity index (χ2v) is 5.58. The molecule has 1 saturated carbocycles. The van der Waals surface area contributed by atoms with E-state index in [0.29, 0.717) is 0 Å². The van der Waals surface area contributed by atoms with Gasteiger partial charge in [-0.05, 0) is 16.9 Å². The molecule has 3 nitrogen and oxygen atoms in total. The Morgan fingerprint density at radius 1 is 1.33 bits per heavy atom. The van der Waals surface area contributed by atoms with Crippen LogP contribution in [-0.2, 0) is 7.05 Å². The number of carbonyl (C=O) groups is 1. The van der Waals surface area contributed by atoms with Crippen LogP contribution in [0.25, 0.3) is 0 Å². The van der Waals surface area contributed by atoms with Gasteiger partial charge in [-0.1, -0.05) is 27.7 Å². The van der Waals surface area contributed by atoms with E-state index in [1.165, 1.54) is 0 Å². The van der Waals surface area contributed by atoms with Crippen molar-refractivity contribution in [3.63, 3.8) is 0 Å². The van der Waals surface area contributed by atoms with Crippen LogP contribution in [0.15, 0.2) is 12.3 Å². The summed E-state index contributed by atoms with van der Waals surface area (Å²) in [5.41, 5.74) is 0.932. The Morgan fingerprint density at radius 3 is 2.20 bits per heavy atom. The summed E-state index contributed by atoms with van der Waals surface area (Å²) in [6.07, 6.45) is 1.68. The Labute approximate surface area is 90.5 Å². The molecule has 0 aromatic carbocycles. The van der Waals surface area contributed by atoms with E-state index in [1.807, 2.05) is 7.05 Å². The van der Waals surface area contributed by atoms with Gasteiger partial charge in [0.15, 0.2) is 5.78 Å². The maximum atomic E-state index is 12.3. The molecule has 0 aliphatic heterocycles. The first-order chi connectivity index (χ1) is 6.80. The minimum Gasteiger partial charge on any atom is -0.292 e. The third kappa shape index (κ3) is 1.18. The largest absolute Gasteiger partial charge is 0.292 e. The summed E-state index contributed by atoms with van der Waals surface area (Å²) in [7, 11) is 1.82. The number of ketones is 1. The van der Waals surface area contributed by atoms with Gasteiger partial charge in [-0.25, -0.2) is 0 Å². The third-order valence-corrected chi connectivity index (χ3v) is 4.36. The maximum Gasteiger partial charge on any atom is 0.185 e. The highest BCUT2D eigenvalue weighted by Crippen LogP contribution is 2.69. The SMILES string of the molecule is Cn1nccc1C(=O)C1C(C)(C)C1(C)C. The smallest absolute Gasteiger partial charge is 0.185 e. The number of carbonyl (C=O) groups excluding carboxylic acids is 1. The average Bonchev–Trinajstić information content (AvgIpc) is 2.48. The van der Waals surface area contributed by atoms with Crippen LogP contribution in [-0.4, -0.2) is 15.6 Å². The summed E-state index contributed by atoms with van der Waals surface area (Å²) in [4.78, 5) is 12.3. The minimum atomic E-state index is 0.106. The molecular weight excluding hydrogens is 188 g/mol. The van der Waals surface area contributed by atoms with Gasteiger partial charge in [0.1, 0.15) is 5.69 Å². The lowest BCUT2D eigenvalue weighted by Crippen LogP contribution is -2.12. The van der Waals surface area contributed by atoms with Gasteiger partial charge in [0.2, 0.25) is 0 Å². The van der Waals surface area contributed by atoms with Gasteiger partial charge in [-0.15, -0.1) is 0 Å². The van der Waals surface area contributed by atoms with Gasteiger partial charge in [0.05, 0.1) is 0 Å². The van der Waals surface area contributed by atoms with Crippen molar-refractivity contribution >= 4 is 5.78 Å². The average molecular weight is 206 g/mol. The zero-order valence-electron chi connectivity index (χ0n) is 10.0. The van der Waals surface area contributed by atoms with E-state index in [1.54, 1.807) is 16.9 Å². The second-order valence-electron chi connectivity index (χ2n) is 5.58. The Morgan fingerprint density at radius 2 is 1.87 bits per heavy atom. The molecule has 0 amide bonds. The van der Waals surface area contributed by atoms with Crippen LogP contribution in [0.5, 0.6) is 0 Å². The minimum absolute atomic E-state index is 0.106. The van der Waals surface area contributed by atoms with E-state index < -0.39 is 0 Å². The molecule has 0 N–H and O–H groups in total. The molecule has 0 radical (unpaired) electrons. The fraction of sp³-hybridized carbons (Fsp3) is 0.667. The normalized spacial score (nSPS) is 22.7. The first-order valence-electron chi connectivity index (χ1n) is 5.32. The van der Waals surface area contributed by atoms with Crippen molar-refractivity contribution < 1.29 is 4.79 Å². The quantitative estimate of drug-likeness (QED) is 0.696. The molecule has 1 fully saturated rings. The van der Waals surface area contributed by atoms with Crippen LogP contribution in [0.3, 0.4) is 0 Å². The predicted octanol–water partition coefficient (Wildman–Crippen LogP) is 2.29. The lowest BCUT2D eigenvalue weighted by Gasteiger charge is -2.03. The summed E-state index contributed by atoms with van der Waals surface area (Å²) in [5.74, 6) is 0.352. The monoisotopic (exact) mass is 206 g/mol. The van der Waals surface area contributed by atoms with E-state index >= 15 is 0 Å². The molecule has 0 bridgehead atoms. The Kier molecular flexibility index (Phi) is 1.88. The highest BCUT2D eigenvalue weighted by molar-refractivity contribution is 5.99. The summed E-state index contributed by atoms with van der Waals surface area (Å²) in [6, 6.07) is 1.80. The van der Waals surface area contributed by atoms with E-state index in [2.05, 4.69) is 32.8 Å². The molecule has 1 aliphatic rings. The molecule has 0 spiro atoms. The Bertz CT molecular complexity index is 401. The zero-order valence-corrected chi connectivity index (χ0v) is 10.0. The number of hydrogen-bond acceptors (Lipinski definition) is 2. The summed E-state index contributed by atoms with van der Waals surface area (Å²) in [6.45, 7) is 8.63. The highest BCUT2D eigenvalue weighted by atomic mass is 16.1. The highest BCUT2D eigenvalue weighted by Gasteiger charge is 2.68. The Hall–Kier alpha value is -1.12. The van der Waals surface area contributed by atoms with Gasteiger partial charge in [0.25, 0.3) is 0 Å². The van der Waals surface area contributed by atoms with Crippen molar-refractivity contribution in [1.82, 2.24) is 9.78 Å². The number of Topliss-reactive ketones (excluding diaryl/α,β-unsaturated/α-hetero) is 1. The van der Waals surface area contributed by atoms with Crippen molar-refractivity contribution in [2.75, 3.05) is 0 Å². The number of hydrogen-bond donors (Lipinski definition) is 0. The molecule has 0 atom stereocenters. The molecule has 82 valence electrons. The van der Waals surface area contributed by atoms with Crippen molar-refractivity contribution in [1.29, 1.82) is 0 Å². The predicted molar refractivity (Wildman–Crippen MR) is 58.6 cm³/mol.